The van der Waals surface area contributed by atoms with Crippen LogP contribution in [-0.2, 0) is 23.9 Å². The van der Waals surface area contributed by atoms with E-state index in [2.05, 4.69) is 15.5 Å². The monoisotopic (exact) mass is 549 g/mol. The van der Waals surface area contributed by atoms with E-state index in [-0.39, 0.29) is 36.4 Å². The Morgan fingerprint density at radius 2 is 2.00 bits per heavy atom. The molecule has 3 rings (SSSR count). The summed E-state index contributed by atoms with van der Waals surface area (Å²) >= 11 is 2.26. The van der Waals surface area contributed by atoms with Gasteiger partial charge in [-0.3, -0.25) is 14.4 Å². The maximum Gasteiger partial charge on any atom is 0.223 e. The molecule has 10 nitrogen and oxygen atoms in total. The van der Waals surface area contributed by atoms with Crippen LogP contribution in [-0.4, -0.2) is 68.2 Å². The van der Waals surface area contributed by atoms with E-state index in [0.717, 1.165) is 17.3 Å². The van der Waals surface area contributed by atoms with Gasteiger partial charge in [-0.1, -0.05) is 34.6 Å². The normalized spacial score (nSPS) is 34.0. The van der Waals surface area contributed by atoms with Crippen molar-refractivity contribution in [1.29, 1.82) is 0 Å². The van der Waals surface area contributed by atoms with Crippen LogP contribution in [0.3, 0.4) is 0 Å². The molecule has 1 aromatic rings. The van der Waals surface area contributed by atoms with E-state index in [0.29, 0.717) is 17.1 Å². The SMILES string of the molecule is COCO[C@@H]1/C=C(\C)CC[C@]2(CC(=O)N[C@H](C)c3nc(cs3)/C=C\C=C\C1=O)S/C(=N\O)C(=O)[C@]2(C)O. The zero-order valence-corrected chi connectivity index (χ0v) is 22.7. The average Bonchev–Trinajstić information content (AvgIpc) is 3.40. The van der Waals surface area contributed by atoms with Gasteiger partial charge >= 0.3 is 0 Å². The molecule has 2 bridgehead atoms. The van der Waals surface area contributed by atoms with Gasteiger partial charge in [-0.05, 0) is 51.8 Å². The molecule has 1 fully saturated rings. The van der Waals surface area contributed by atoms with Gasteiger partial charge in [0.25, 0.3) is 0 Å². The van der Waals surface area contributed by atoms with Crippen molar-refractivity contribution in [1.82, 2.24) is 10.3 Å². The van der Waals surface area contributed by atoms with Crippen molar-refractivity contribution in [3.8, 4) is 0 Å². The first-order valence-corrected chi connectivity index (χ1v) is 13.3. The van der Waals surface area contributed by atoms with Gasteiger partial charge in [-0.15, -0.1) is 11.3 Å². The zero-order valence-electron chi connectivity index (χ0n) is 21.1. The predicted octanol–water partition coefficient (Wildman–Crippen LogP) is 3.17. The number of rotatable bonds is 3. The van der Waals surface area contributed by atoms with Gasteiger partial charge in [0.05, 0.1) is 16.5 Å². The number of thiazole rings is 1. The summed E-state index contributed by atoms with van der Waals surface area (Å²) in [5.74, 6) is -1.43. The number of nitrogens with zero attached hydrogens (tertiary/aromatic N) is 2. The second-order valence-corrected chi connectivity index (χ2v) is 11.4. The highest BCUT2D eigenvalue weighted by molar-refractivity contribution is 8.17. The standard InChI is InChI=1S/C25H31N3O7S2/c1-15-9-10-25(24(3,32)21(31)23(28-33)37-25)12-20(30)26-16(2)22-27-17(13-36-22)7-5-6-8-18(29)19(11-15)35-14-34-4/h5-8,11,13,16,19,32-33H,9-10,12,14H2,1-4H3,(H,26,30)/b7-5-,8-6+,15-11+,28-23-/t16-,19-,24+,25-/m1/s1. The van der Waals surface area contributed by atoms with E-state index in [1.807, 2.05) is 5.38 Å². The summed E-state index contributed by atoms with van der Waals surface area (Å²) in [6, 6.07) is -0.411. The number of methoxy groups -OCH3 is 1. The molecule has 3 N–H and O–H groups in total. The summed E-state index contributed by atoms with van der Waals surface area (Å²) in [6.07, 6.45) is 7.50. The molecule has 0 saturated carbocycles. The summed E-state index contributed by atoms with van der Waals surface area (Å²) in [7, 11) is 1.45. The summed E-state index contributed by atoms with van der Waals surface area (Å²) in [6.45, 7) is 4.83. The highest BCUT2D eigenvalue weighted by Gasteiger charge is 2.61. The minimum atomic E-state index is -1.97. The molecule has 0 unspecified atom stereocenters. The molecule has 2 aliphatic heterocycles. The molecule has 2 aliphatic rings. The third kappa shape index (κ3) is 6.63. The minimum absolute atomic E-state index is 0.0941. The summed E-state index contributed by atoms with van der Waals surface area (Å²) in [4.78, 5) is 43.3. The van der Waals surface area contributed by atoms with E-state index in [1.165, 1.54) is 31.4 Å². The van der Waals surface area contributed by atoms with E-state index in [4.69, 9.17) is 9.47 Å². The lowest BCUT2D eigenvalue weighted by Crippen LogP contribution is -2.53. The largest absolute Gasteiger partial charge is 0.410 e. The predicted molar refractivity (Wildman–Crippen MR) is 141 cm³/mol. The molecular formula is C25H31N3O7S2. The Hall–Kier alpha value is -2.64. The number of Topliss-reactive ketones (excluding diaryl/α,β-unsaturated/α-hetero) is 1. The number of oxime groups is 1. The van der Waals surface area contributed by atoms with Crippen LogP contribution in [0.4, 0.5) is 0 Å². The smallest absolute Gasteiger partial charge is 0.223 e. The quantitative estimate of drug-likeness (QED) is 0.224. The molecular weight excluding hydrogens is 518 g/mol. The van der Waals surface area contributed by atoms with Gasteiger partial charge in [0, 0.05) is 18.9 Å². The molecule has 3 heterocycles. The van der Waals surface area contributed by atoms with Crippen LogP contribution in [0, 0.1) is 0 Å². The van der Waals surface area contributed by atoms with Crippen molar-refractivity contribution in [3.63, 3.8) is 0 Å². The van der Waals surface area contributed by atoms with Crippen LogP contribution in [0.2, 0.25) is 0 Å². The maximum atomic E-state index is 13.2. The van der Waals surface area contributed by atoms with E-state index < -0.39 is 28.3 Å². The fraction of sp³-hybridized carbons (Fsp3) is 0.480. The van der Waals surface area contributed by atoms with Gasteiger partial charge in [0.2, 0.25) is 11.7 Å². The van der Waals surface area contributed by atoms with Gasteiger partial charge in [0.15, 0.2) is 10.8 Å². The fourth-order valence-electron chi connectivity index (χ4n) is 4.09. The second-order valence-electron chi connectivity index (χ2n) is 9.11. The molecule has 12 heteroatoms. The van der Waals surface area contributed by atoms with Crippen LogP contribution in [0.15, 0.2) is 40.4 Å². The Morgan fingerprint density at radius 1 is 1.27 bits per heavy atom. The zero-order chi connectivity index (χ0) is 27.2. The molecule has 0 aliphatic carbocycles. The average molecular weight is 550 g/mol. The number of ketones is 2. The number of ether oxygens (including phenoxy) is 2. The Balaban J connectivity index is 2.02. The van der Waals surface area contributed by atoms with Crippen molar-refractivity contribution in [2.24, 2.45) is 5.16 Å². The first-order chi connectivity index (χ1) is 17.5. The van der Waals surface area contributed by atoms with Crippen molar-refractivity contribution in [2.45, 2.75) is 62.5 Å². The Kier molecular flexibility index (Phi) is 9.59. The highest BCUT2D eigenvalue weighted by atomic mass is 32.2. The van der Waals surface area contributed by atoms with E-state index in [9.17, 15) is 24.7 Å². The number of nitrogens with one attached hydrogen (secondary N) is 1. The van der Waals surface area contributed by atoms with Crippen LogP contribution in [0.1, 0.15) is 56.8 Å². The van der Waals surface area contributed by atoms with Crippen molar-refractivity contribution in [2.75, 3.05) is 13.9 Å². The molecule has 200 valence electrons. The molecule has 4 atom stereocenters. The van der Waals surface area contributed by atoms with Crippen molar-refractivity contribution in [3.05, 3.63) is 46.0 Å². The van der Waals surface area contributed by atoms with Gasteiger partial charge in [-0.25, -0.2) is 4.98 Å². The Morgan fingerprint density at radius 3 is 2.68 bits per heavy atom. The number of thioether (sulfide) groups is 1. The van der Waals surface area contributed by atoms with Gasteiger partial charge < -0.3 is 25.1 Å². The number of hydrogen-bond donors (Lipinski definition) is 3. The first kappa shape index (κ1) is 28.9. The third-order valence-corrected chi connectivity index (χ3v) is 8.93. The first-order valence-electron chi connectivity index (χ1n) is 11.6. The van der Waals surface area contributed by atoms with Crippen LogP contribution in [0.5, 0.6) is 0 Å². The lowest BCUT2D eigenvalue weighted by molar-refractivity contribution is -0.133. The number of carbonyl (C=O) groups excluding carboxylic acids is 3. The summed E-state index contributed by atoms with van der Waals surface area (Å²) < 4.78 is 9.22. The molecule has 0 radical (unpaired) electrons. The number of aromatic nitrogens is 1. The van der Waals surface area contributed by atoms with Gasteiger partial charge in [0.1, 0.15) is 23.5 Å². The second kappa shape index (κ2) is 12.3. The molecule has 0 aromatic carbocycles. The molecule has 1 saturated heterocycles. The van der Waals surface area contributed by atoms with Crippen LogP contribution >= 0.6 is 23.1 Å². The van der Waals surface area contributed by atoms with Crippen LogP contribution in [0.25, 0.3) is 6.08 Å². The topological polar surface area (TPSA) is 147 Å². The number of allylic oxidation sites excluding steroid dienone is 3. The number of amides is 1. The minimum Gasteiger partial charge on any atom is -0.410 e. The summed E-state index contributed by atoms with van der Waals surface area (Å²) in [5.41, 5.74) is -0.549. The Labute approximate surface area is 223 Å². The molecule has 37 heavy (non-hydrogen) atoms. The number of aliphatic hydroxyl groups is 1. The van der Waals surface area contributed by atoms with E-state index >= 15 is 0 Å². The number of fused-ring (bicyclic) bond motifs is 2. The van der Waals surface area contributed by atoms with Gasteiger partial charge in [-0.2, -0.15) is 0 Å². The molecule has 1 amide bonds. The third-order valence-electron chi connectivity index (χ3n) is 6.28. The van der Waals surface area contributed by atoms with E-state index in [1.54, 1.807) is 38.2 Å². The lowest BCUT2D eigenvalue weighted by Gasteiger charge is -2.37. The lowest BCUT2D eigenvalue weighted by atomic mass is 9.78. The van der Waals surface area contributed by atoms with Crippen molar-refractivity contribution >= 4 is 51.7 Å². The van der Waals surface area contributed by atoms with Crippen molar-refractivity contribution < 1.29 is 34.2 Å². The molecule has 1 spiro atoms. The highest BCUT2D eigenvalue weighted by Crippen LogP contribution is 2.51. The maximum absolute atomic E-state index is 13.2. The van der Waals surface area contributed by atoms with Crippen LogP contribution < -0.4 is 5.32 Å². The number of hydrogen-bond acceptors (Lipinski definition) is 11. The Bertz CT molecular complexity index is 1150. The molecule has 1 aromatic heterocycles. The fourth-order valence-corrected chi connectivity index (χ4v) is 6.28. The summed E-state index contributed by atoms with van der Waals surface area (Å²) in [5, 5.41) is 28.8. The number of carbonyl (C=O) groups is 3.